The number of hydrogen-bond donors (Lipinski definition) is 2. The number of nitrogens with zero attached hydrogens (tertiary/aromatic N) is 2. The monoisotopic (exact) mass is 378 g/mol. The van der Waals surface area contributed by atoms with E-state index in [0.29, 0.717) is 18.6 Å². The van der Waals surface area contributed by atoms with Gasteiger partial charge in [-0.3, -0.25) is 19.3 Å². The first-order valence-corrected chi connectivity index (χ1v) is 8.88. The van der Waals surface area contributed by atoms with Gasteiger partial charge in [0.1, 0.15) is 11.3 Å². The number of aromatic nitrogens is 1. The van der Waals surface area contributed by atoms with Crippen molar-refractivity contribution in [3.05, 3.63) is 11.8 Å². The van der Waals surface area contributed by atoms with Crippen molar-refractivity contribution in [2.75, 3.05) is 11.9 Å². The lowest BCUT2D eigenvalue weighted by atomic mass is 9.98. The number of hydrogen-bond acceptors (Lipinski definition) is 7. The van der Waals surface area contributed by atoms with Crippen LogP contribution in [0, 0.1) is 6.92 Å². The molecule has 2 aliphatic rings. The number of anilines is 1. The van der Waals surface area contributed by atoms with E-state index in [4.69, 9.17) is 9.26 Å². The Hall–Kier alpha value is -2.91. The molecule has 1 saturated carbocycles. The quantitative estimate of drug-likeness (QED) is 0.560. The highest BCUT2D eigenvalue weighted by Crippen LogP contribution is 2.35. The highest BCUT2D eigenvalue weighted by molar-refractivity contribution is 6.07. The van der Waals surface area contributed by atoms with Crippen molar-refractivity contribution in [3.63, 3.8) is 0 Å². The molecule has 10 nitrogen and oxygen atoms in total. The highest BCUT2D eigenvalue weighted by Gasteiger charge is 2.52. The van der Waals surface area contributed by atoms with E-state index < -0.39 is 29.6 Å². The normalized spacial score (nSPS) is 19.3. The molecule has 4 amide bonds. The number of esters is 1. The van der Waals surface area contributed by atoms with Gasteiger partial charge in [0.05, 0.1) is 6.42 Å². The summed E-state index contributed by atoms with van der Waals surface area (Å²) in [5.74, 6) is -0.770. The Labute approximate surface area is 155 Å². The van der Waals surface area contributed by atoms with Gasteiger partial charge in [0, 0.05) is 12.6 Å². The van der Waals surface area contributed by atoms with Crippen molar-refractivity contribution in [1.82, 2.24) is 15.4 Å². The molecular weight excluding hydrogens is 356 g/mol. The fourth-order valence-electron chi connectivity index (χ4n) is 3.36. The van der Waals surface area contributed by atoms with E-state index in [2.05, 4.69) is 15.8 Å². The van der Waals surface area contributed by atoms with Crippen LogP contribution in [0.2, 0.25) is 0 Å². The lowest BCUT2D eigenvalue weighted by molar-refractivity contribution is -0.153. The molecule has 2 heterocycles. The Morgan fingerprint density at radius 3 is 2.74 bits per heavy atom. The van der Waals surface area contributed by atoms with Crippen LogP contribution in [0.25, 0.3) is 0 Å². The van der Waals surface area contributed by atoms with Gasteiger partial charge < -0.3 is 19.9 Å². The van der Waals surface area contributed by atoms with Gasteiger partial charge in [0.25, 0.3) is 11.8 Å². The van der Waals surface area contributed by atoms with Gasteiger partial charge in [0.15, 0.2) is 11.9 Å². The number of amides is 4. The second-order valence-corrected chi connectivity index (χ2v) is 6.87. The maximum atomic E-state index is 12.5. The van der Waals surface area contributed by atoms with Crippen molar-refractivity contribution >= 4 is 29.6 Å². The van der Waals surface area contributed by atoms with E-state index in [-0.39, 0.29) is 24.7 Å². The fourth-order valence-corrected chi connectivity index (χ4v) is 3.36. The topological polar surface area (TPSA) is 131 Å². The Morgan fingerprint density at radius 2 is 2.11 bits per heavy atom. The molecule has 0 aromatic carbocycles. The van der Waals surface area contributed by atoms with Crippen LogP contribution in [0.3, 0.4) is 0 Å². The Kier molecular flexibility index (Phi) is 5.15. The second-order valence-electron chi connectivity index (χ2n) is 6.87. The summed E-state index contributed by atoms with van der Waals surface area (Å²) in [7, 11) is 0. The number of urea groups is 1. The molecule has 0 unspecified atom stereocenters. The molecule has 1 atom stereocenters. The fraction of sp³-hybridized carbons (Fsp3) is 0.588. The third-order valence-electron chi connectivity index (χ3n) is 4.80. The largest absolute Gasteiger partial charge is 0.452 e. The van der Waals surface area contributed by atoms with Gasteiger partial charge in [-0.25, -0.2) is 4.79 Å². The average Bonchev–Trinajstić information content (AvgIpc) is 3.29. The Balaban J connectivity index is 1.47. The van der Waals surface area contributed by atoms with Crippen LogP contribution in [0.1, 0.15) is 44.8 Å². The number of nitrogens with one attached hydrogen (secondary N) is 2. The van der Waals surface area contributed by atoms with Crippen LogP contribution in [-0.4, -0.2) is 52.1 Å². The van der Waals surface area contributed by atoms with Crippen LogP contribution in [0.15, 0.2) is 10.6 Å². The standard InChI is InChI=1S/C17H22N4O6/c1-10-9-12(20-27-10)18-14(23)11(2)26-13(22)5-8-21-15(24)17(19-16(21)25)6-3-4-7-17/h9,11H,3-8H2,1-2H3,(H,19,25)(H,18,20,23)/t11-/m0/s1. The molecule has 1 saturated heterocycles. The van der Waals surface area contributed by atoms with Crippen molar-refractivity contribution in [3.8, 4) is 0 Å². The number of imide groups is 1. The number of carbonyl (C=O) groups is 4. The number of ether oxygens (including phenoxy) is 1. The Morgan fingerprint density at radius 1 is 1.41 bits per heavy atom. The van der Waals surface area contributed by atoms with E-state index in [1.54, 1.807) is 6.92 Å². The summed E-state index contributed by atoms with van der Waals surface area (Å²) in [5, 5.41) is 8.83. The smallest absolute Gasteiger partial charge is 0.325 e. The SMILES string of the molecule is Cc1cc(NC(=O)[C@H](C)OC(=O)CCN2C(=O)NC3(CCCC3)C2=O)no1. The van der Waals surface area contributed by atoms with E-state index in [1.165, 1.54) is 13.0 Å². The average molecular weight is 378 g/mol. The molecule has 1 aromatic rings. The lowest BCUT2D eigenvalue weighted by Crippen LogP contribution is -2.44. The Bertz CT molecular complexity index is 767. The van der Waals surface area contributed by atoms with Crippen molar-refractivity contribution in [2.24, 2.45) is 0 Å². The third kappa shape index (κ3) is 3.93. The summed E-state index contributed by atoms with van der Waals surface area (Å²) >= 11 is 0. The number of aryl methyl sites for hydroxylation is 1. The first kappa shape index (κ1) is 18.9. The minimum atomic E-state index is -1.06. The summed E-state index contributed by atoms with van der Waals surface area (Å²) in [6, 6.07) is 1.05. The zero-order valence-electron chi connectivity index (χ0n) is 15.2. The first-order valence-electron chi connectivity index (χ1n) is 8.88. The zero-order chi connectivity index (χ0) is 19.6. The zero-order valence-corrected chi connectivity index (χ0v) is 15.2. The predicted molar refractivity (Wildman–Crippen MR) is 91.5 cm³/mol. The number of rotatable bonds is 6. The van der Waals surface area contributed by atoms with E-state index in [0.717, 1.165) is 17.7 Å². The molecule has 1 aliphatic carbocycles. The van der Waals surface area contributed by atoms with Gasteiger partial charge in [-0.15, -0.1) is 0 Å². The number of carbonyl (C=O) groups excluding carboxylic acids is 4. The summed E-state index contributed by atoms with van der Waals surface area (Å²) in [6.07, 6.45) is 1.78. The van der Waals surface area contributed by atoms with E-state index in [9.17, 15) is 19.2 Å². The molecule has 146 valence electrons. The van der Waals surface area contributed by atoms with Gasteiger partial charge in [-0.2, -0.15) is 0 Å². The van der Waals surface area contributed by atoms with Gasteiger partial charge in [-0.05, 0) is 26.7 Å². The van der Waals surface area contributed by atoms with Crippen LogP contribution < -0.4 is 10.6 Å². The van der Waals surface area contributed by atoms with Crippen molar-refractivity contribution in [1.29, 1.82) is 0 Å². The first-order chi connectivity index (χ1) is 12.8. The van der Waals surface area contributed by atoms with Crippen LogP contribution in [-0.2, 0) is 19.1 Å². The summed E-state index contributed by atoms with van der Waals surface area (Å²) in [5.41, 5.74) is -0.802. The minimum absolute atomic E-state index is 0.0813. The molecule has 1 spiro atoms. The second kappa shape index (κ2) is 7.37. The maximum Gasteiger partial charge on any atom is 0.325 e. The van der Waals surface area contributed by atoms with Gasteiger partial charge >= 0.3 is 12.0 Å². The molecule has 0 bridgehead atoms. The van der Waals surface area contributed by atoms with Gasteiger partial charge in [0.2, 0.25) is 0 Å². The van der Waals surface area contributed by atoms with Crippen LogP contribution >= 0.6 is 0 Å². The molecule has 3 rings (SSSR count). The molecular formula is C17H22N4O6. The molecule has 10 heteroatoms. The summed E-state index contributed by atoms with van der Waals surface area (Å²) in [4.78, 5) is 49.6. The summed E-state index contributed by atoms with van der Waals surface area (Å²) < 4.78 is 9.89. The molecule has 0 radical (unpaired) electrons. The molecule has 2 fully saturated rings. The van der Waals surface area contributed by atoms with Crippen molar-refractivity contribution in [2.45, 2.75) is 57.6 Å². The third-order valence-corrected chi connectivity index (χ3v) is 4.80. The highest BCUT2D eigenvalue weighted by atomic mass is 16.5. The van der Waals surface area contributed by atoms with Crippen LogP contribution in [0.5, 0.6) is 0 Å². The molecule has 27 heavy (non-hydrogen) atoms. The summed E-state index contributed by atoms with van der Waals surface area (Å²) in [6.45, 7) is 3.01. The van der Waals surface area contributed by atoms with Gasteiger partial charge in [-0.1, -0.05) is 18.0 Å². The predicted octanol–water partition coefficient (Wildman–Crippen LogP) is 1.11. The van der Waals surface area contributed by atoms with Crippen LogP contribution in [0.4, 0.5) is 10.6 Å². The lowest BCUT2D eigenvalue weighted by Gasteiger charge is -2.20. The molecule has 1 aliphatic heterocycles. The minimum Gasteiger partial charge on any atom is -0.452 e. The van der Waals surface area contributed by atoms with E-state index in [1.807, 2.05) is 0 Å². The molecule has 2 N–H and O–H groups in total. The van der Waals surface area contributed by atoms with Crippen molar-refractivity contribution < 1.29 is 28.4 Å². The van der Waals surface area contributed by atoms with E-state index >= 15 is 0 Å². The maximum absolute atomic E-state index is 12.5. The molecule has 1 aromatic heterocycles.